The average Bonchev–Trinajstić information content (AvgIpc) is 2.73. The maximum absolute atomic E-state index is 8.97. The van der Waals surface area contributed by atoms with Crippen LogP contribution in [0.15, 0.2) is 27.2 Å². The van der Waals surface area contributed by atoms with Crippen LogP contribution < -0.4 is 4.74 Å². The van der Waals surface area contributed by atoms with Crippen molar-refractivity contribution in [1.82, 2.24) is 10.1 Å². The summed E-state index contributed by atoms with van der Waals surface area (Å²) in [6, 6.07) is 5.37. The molecule has 90 valence electrons. The summed E-state index contributed by atoms with van der Waals surface area (Å²) in [7, 11) is 0. The molecule has 0 aliphatic heterocycles. The summed E-state index contributed by atoms with van der Waals surface area (Å²) in [4.78, 5) is 4.03. The molecule has 0 atom stereocenters. The summed E-state index contributed by atoms with van der Waals surface area (Å²) in [5.41, 5.74) is 0.817. The molecular weight excluding hydrogens is 288 g/mol. The molecule has 1 aromatic heterocycles. The molecule has 0 aliphatic rings. The third-order valence-corrected chi connectivity index (χ3v) is 2.72. The highest BCUT2D eigenvalue weighted by molar-refractivity contribution is 9.10. The lowest BCUT2D eigenvalue weighted by molar-refractivity contribution is 0.241. The van der Waals surface area contributed by atoms with Crippen molar-refractivity contribution in [3.8, 4) is 5.75 Å². The van der Waals surface area contributed by atoms with E-state index >= 15 is 0 Å². The number of rotatable bonds is 4. The van der Waals surface area contributed by atoms with Crippen molar-refractivity contribution < 1.29 is 14.4 Å². The molecule has 2 aromatic rings. The van der Waals surface area contributed by atoms with Crippen LogP contribution in [-0.4, -0.2) is 15.2 Å². The molecule has 0 spiro atoms. The summed E-state index contributed by atoms with van der Waals surface area (Å²) in [6.45, 7) is 1.97. The number of aromatic nitrogens is 2. The van der Waals surface area contributed by atoms with Crippen molar-refractivity contribution >= 4 is 15.9 Å². The van der Waals surface area contributed by atoms with Gasteiger partial charge in [0.25, 0.3) is 5.89 Å². The van der Waals surface area contributed by atoms with E-state index in [9.17, 15) is 0 Å². The summed E-state index contributed by atoms with van der Waals surface area (Å²) in [5, 5.41) is 12.6. The largest absolute Gasteiger partial charge is 0.483 e. The second-order valence-corrected chi connectivity index (χ2v) is 4.30. The van der Waals surface area contributed by atoms with Crippen molar-refractivity contribution in [2.75, 3.05) is 0 Å². The molecule has 0 amide bonds. The number of halogens is 1. The molecule has 0 unspecified atom stereocenters. The Morgan fingerprint density at radius 1 is 1.47 bits per heavy atom. The fourth-order valence-electron chi connectivity index (χ4n) is 1.30. The number of aliphatic hydroxyl groups excluding tert-OH is 1. The molecule has 0 saturated heterocycles. The van der Waals surface area contributed by atoms with Crippen molar-refractivity contribution in [1.29, 1.82) is 0 Å². The quantitative estimate of drug-likeness (QED) is 0.937. The van der Waals surface area contributed by atoms with Gasteiger partial charge >= 0.3 is 0 Å². The van der Waals surface area contributed by atoms with Gasteiger partial charge in [0.1, 0.15) is 5.75 Å². The van der Waals surface area contributed by atoms with E-state index in [4.69, 9.17) is 14.4 Å². The van der Waals surface area contributed by atoms with E-state index < -0.39 is 0 Å². The van der Waals surface area contributed by atoms with Gasteiger partial charge in [-0.15, -0.1) is 0 Å². The second kappa shape index (κ2) is 5.29. The first-order valence-corrected chi connectivity index (χ1v) is 5.79. The lowest BCUT2D eigenvalue weighted by atomic mass is 10.2. The number of ether oxygens (including phenoxy) is 1. The van der Waals surface area contributed by atoms with Crippen LogP contribution in [0.4, 0.5) is 0 Å². The Bertz CT molecular complexity index is 513. The van der Waals surface area contributed by atoms with E-state index in [1.54, 1.807) is 25.1 Å². The standard InChI is InChI=1S/C11H11BrN2O3/c1-7-13-11(17-14-7)6-16-10-3-2-8(5-15)4-9(10)12/h2-4,15H,5-6H2,1H3. The van der Waals surface area contributed by atoms with Crippen molar-refractivity contribution in [3.63, 3.8) is 0 Å². The van der Waals surface area contributed by atoms with Gasteiger partial charge < -0.3 is 14.4 Å². The molecule has 1 aromatic carbocycles. The van der Waals surface area contributed by atoms with Crippen LogP contribution in [-0.2, 0) is 13.2 Å². The van der Waals surface area contributed by atoms with E-state index in [-0.39, 0.29) is 13.2 Å². The minimum absolute atomic E-state index is 0.00172. The highest BCUT2D eigenvalue weighted by Crippen LogP contribution is 2.26. The minimum Gasteiger partial charge on any atom is -0.483 e. The number of aryl methyl sites for hydroxylation is 1. The Hall–Kier alpha value is -1.40. The highest BCUT2D eigenvalue weighted by atomic mass is 79.9. The monoisotopic (exact) mass is 298 g/mol. The number of aliphatic hydroxyl groups is 1. The molecule has 0 fully saturated rings. The van der Waals surface area contributed by atoms with Gasteiger partial charge in [-0.3, -0.25) is 0 Å². The molecule has 1 N–H and O–H groups in total. The zero-order chi connectivity index (χ0) is 12.3. The topological polar surface area (TPSA) is 68.4 Å². The van der Waals surface area contributed by atoms with Gasteiger partial charge in [-0.1, -0.05) is 11.2 Å². The van der Waals surface area contributed by atoms with Crippen LogP contribution in [0.1, 0.15) is 17.3 Å². The van der Waals surface area contributed by atoms with Crippen LogP contribution in [0.5, 0.6) is 5.75 Å². The summed E-state index contributed by atoms with van der Waals surface area (Å²) < 4.78 is 11.2. The molecule has 5 nitrogen and oxygen atoms in total. The zero-order valence-corrected chi connectivity index (χ0v) is 10.8. The molecule has 0 bridgehead atoms. The van der Waals surface area contributed by atoms with Gasteiger partial charge in [-0.25, -0.2) is 0 Å². The van der Waals surface area contributed by atoms with Crippen LogP contribution in [0.2, 0.25) is 0 Å². The lowest BCUT2D eigenvalue weighted by Crippen LogP contribution is -1.97. The molecule has 1 heterocycles. The van der Waals surface area contributed by atoms with Gasteiger partial charge in [-0.2, -0.15) is 4.98 Å². The Morgan fingerprint density at radius 2 is 2.29 bits per heavy atom. The molecular formula is C11H11BrN2O3. The van der Waals surface area contributed by atoms with Gasteiger partial charge in [0.2, 0.25) is 0 Å². The first kappa shape index (κ1) is 12.1. The number of hydrogen-bond donors (Lipinski definition) is 1. The minimum atomic E-state index is 0.00172. The van der Waals surface area contributed by atoms with E-state index in [2.05, 4.69) is 26.1 Å². The van der Waals surface area contributed by atoms with Gasteiger partial charge in [0, 0.05) is 0 Å². The van der Waals surface area contributed by atoms with Crippen LogP contribution in [0.25, 0.3) is 0 Å². The van der Waals surface area contributed by atoms with E-state index in [1.807, 2.05) is 0 Å². The predicted octanol–water partition coefficient (Wildman–Crippen LogP) is 2.21. The number of hydrogen-bond acceptors (Lipinski definition) is 5. The Kier molecular flexibility index (Phi) is 3.75. The maximum atomic E-state index is 8.97. The van der Waals surface area contributed by atoms with E-state index in [0.717, 1.165) is 10.0 Å². The summed E-state index contributed by atoms with van der Waals surface area (Å²) in [5.74, 6) is 1.68. The van der Waals surface area contributed by atoms with Crippen LogP contribution in [0, 0.1) is 6.92 Å². The van der Waals surface area contributed by atoms with Gasteiger partial charge in [0.15, 0.2) is 12.4 Å². The van der Waals surface area contributed by atoms with E-state index in [1.165, 1.54) is 0 Å². The first-order valence-electron chi connectivity index (χ1n) is 5.00. The van der Waals surface area contributed by atoms with Crippen molar-refractivity contribution in [2.45, 2.75) is 20.1 Å². The molecule has 0 saturated carbocycles. The third-order valence-electron chi connectivity index (χ3n) is 2.10. The van der Waals surface area contributed by atoms with Crippen LogP contribution in [0.3, 0.4) is 0 Å². The Morgan fingerprint density at radius 3 is 2.88 bits per heavy atom. The molecule has 0 aliphatic carbocycles. The van der Waals surface area contributed by atoms with E-state index in [0.29, 0.717) is 17.5 Å². The lowest BCUT2D eigenvalue weighted by Gasteiger charge is -2.06. The zero-order valence-electron chi connectivity index (χ0n) is 9.18. The van der Waals surface area contributed by atoms with Gasteiger partial charge in [0.05, 0.1) is 11.1 Å². The number of nitrogens with zero attached hydrogens (tertiary/aromatic N) is 2. The first-order chi connectivity index (χ1) is 8.19. The SMILES string of the molecule is Cc1noc(COc2ccc(CO)cc2Br)n1. The second-order valence-electron chi connectivity index (χ2n) is 3.45. The summed E-state index contributed by atoms with van der Waals surface area (Å²) in [6.07, 6.45) is 0. The molecule has 17 heavy (non-hydrogen) atoms. The van der Waals surface area contributed by atoms with Crippen LogP contribution >= 0.6 is 15.9 Å². The fourth-order valence-corrected chi connectivity index (χ4v) is 1.84. The number of benzene rings is 1. The average molecular weight is 299 g/mol. The predicted molar refractivity (Wildman–Crippen MR) is 63.4 cm³/mol. The van der Waals surface area contributed by atoms with Gasteiger partial charge in [-0.05, 0) is 40.5 Å². The Labute approximate surface area is 107 Å². The third kappa shape index (κ3) is 3.04. The highest BCUT2D eigenvalue weighted by Gasteiger charge is 2.06. The summed E-state index contributed by atoms with van der Waals surface area (Å²) >= 11 is 3.36. The normalized spacial score (nSPS) is 10.5. The smallest absolute Gasteiger partial charge is 0.264 e. The molecule has 0 radical (unpaired) electrons. The van der Waals surface area contributed by atoms with Crippen molar-refractivity contribution in [2.24, 2.45) is 0 Å². The Balaban J connectivity index is 2.04. The molecule has 6 heteroatoms. The maximum Gasteiger partial charge on any atom is 0.264 e. The van der Waals surface area contributed by atoms with Crippen molar-refractivity contribution in [3.05, 3.63) is 40.0 Å². The fraction of sp³-hybridized carbons (Fsp3) is 0.273. The molecule has 2 rings (SSSR count).